The van der Waals surface area contributed by atoms with E-state index in [9.17, 15) is 0 Å². The second-order valence-electron chi connectivity index (χ2n) is 4.34. The van der Waals surface area contributed by atoms with Gasteiger partial charge in [0.25, 0.3) is 0 Å². The van der Waals surface area contributed by atoms with Gasteiger partial charge in [-0.25, -0.2) is 4.98 Å². The number of H-pyrrole nitrogens is 1. The van der Waals surface area contributed by atoms with Gasteiger partial charge < -0.3 is 4.98 Å². The molecule has 2 aromatic heterocycles. The van der Waals surface area contributed by atoms with Crippen LogP contribution >= 0.6 is 0 Å². The van der Waals surface area contributed by atoms with Gasteiger partial charge in [-0.05, 0) is 18.4 Å². The summed E-state index contributed by atoms with van der Waals surface area (Å²) in [4.78, 5) is 12.0. The number of para-hydroxylation sites is 1. The number of nitrogens with one attached hydrogen (secondary N) is 1. The van der Waals surface area contributed by atoms with Gasteiger partial charge >= 0.3 is 0 Å². The molecule has 0 saturated heterocycles. The van der Waals surface area contributed by atoms with E-state index in [1.54, 1.807) is 6.33 Å². The van der Waals surface area contributed by atoms with E-state index in [1.165, 1.54) is 18.4 Å². The number of fused-ring (bicyclic) bond motifs is 3. The Hall–Kier alpha value is -1.90. The monoisotopic (exact) mass is 225 g/mol. The van der Waals surface area contributed by atoms with E-state index in [1.807, 2.05) is 6.20 Å². The molecule has 0 saturated carbocycles. The molecule has 3 heteroatoms. The van der Waals surface area contributed by atoms with Crippen LogP contribution in [0.1, 0.15) is 25.3 Å². The minimum Gasteiger partial charge on any atom is -0.343 e. The Morgan fingerprint density at radius 2 is 2.12 bits per heavy atom. The average Bonchev–Trinajstić information content (AvgIpc) is 2.84. The first-order valence-corrected chi connectivity index (χ1v) is 6.10. The lowest BCUT2D eigenvalue weighted by Gasteiger charge is -2.05. The van der Waals surface area contributed by atoms with Gasteiger partial charge in [0.1, 0.15) is 0 Å². The highest BCUT2D eigenvalue weighted by Crippen LogP contribution is 2.24. The molecule has 3 rings (SSSR count). The molecule has 0 fully saturated rings. The second-order valence-corrected chi connectivity index (χ2v) is 4.34. The number of unbranched alkanes of at least 4 members (excludes halogenated alkanes) is 1. The molecule has 17 heavy (non-hydrogen) atoms. The van der Waals surface area contributed by atoms with Crippen LogP contribution in [0.25, 0.3) is 21.9 Å². The van der Waals surface area contributed by atoms with Crippen LogP contribution < -0.4 is 0 Å². The lowest BCUT2D eigenvalue weighted by molar-refractivity contribution is 0.798. The van der Waals surface area contributed by atoms with E-state index < -0.39 is 0 Å². The number of hydrogen-bond acceptors (Lipinski definition) is 2. The molecule has 0 unspecified atom stereocenters. The molecule has 0 bridgehead atoms. The zero-order valence-electron chi connectivity index (χ0n) is 9.90. The van der Waals surface area contributed by atoms with E-state index in [0.29, 0.717) is 0 Å². The van der Waals surface area contributed by atoms with E-state index >= 15 is 0 Å². The number of aryl methyl sites for hydroxylation is 1. The molecule has 0 amide bonds. The van der Waals surface area contributed by atoms with Gasteiger partial charge in [-0.3, -0.25) is 4.98 Å². The highest BCUT2D eigenvalue weighted by molar-refractivity contribution is 6.02. The molecule has 2 heterocycles. The topological polar surface area (TPSA) is 41.6 Å². The quantitative estimate of drug-likeness (QED) is 0.741. The fourth-order valence-electron chi connectivity index (χ4n) is 2.25. The van der Waals surface area contributed by atoms with E-state index in [4.69, 9.17) is 0 Å². The largest absolute Gasteiger partial charge is 0.343 e. The van der Waals surface area contributed by atoms with Crippen molar-refractivity contribution in [1.82, 2.24) is 15.0 Å². The second kappa shape index (κ2) is 4.17. The lowest BCUT2D eigenvalue weighted by Crippen LogP contribution is -1.90. The van der Waals surface area contributed by atoms with Crippen LogP contribution in [0, 0.1) is 0 Å². The highest BCUT2D eigenvalue weighted by atomic mass is 14.9. The average molecular weight is 225 g/mol. The van der Waals surface area contributed by atoms with Gasteiger partial charge in [0.15, 0.2) is 0 Å². The molecule has 86 valence electrons. The number of benzene rings is 1. The molecule has 0 aliphatic carbocycles. The molecule has 0 aliphatic rings. The highest BCUT2D eigenvalue weighted by Gasteiger charge is 2.07. The minimum atomic E-state index is 1.00. The number of aromatic nitrogens is 3. The van der Waals surface area contributed by atoms with Crippen molar-refractivity contribution in [3.05, 3.63) is 36.3 Å². The summed E-state index contributed by atoms with van der Waals surface area (Å²) in [6, 6.07) is 6.37. The predicted octanol–water partition coefficient (Wildman–Crippen LogP) is 3.45. The van der Waals surface area contributed by atoms with Crippen molar-refractivity contribution < 1.29 is 0 Å². The van der Waals surface area contributed by atoms with Crippen molar-refractivity contribution in [1.29, 1.82) is 0 Å². The molecule has 1 aromatic carbocycles. The molecular weight excluding hydrogens is 210 g/mol. The molecule has 0 radical (unpaired) electrons. The Morgan fingerprint density at radius 3 is 3.00 bits per heavy atom. The zero-order chi connectivity index (χ0) is 11.7. The Kier molecular flexibility index (Phi) is 2.52. The molecule has 0 aliphatic heterocycles. The Balaban J connectivity index is 2.24. The van der Waals surface area contributed by atoms with Crippen molar-refractivity contribution in [3.8, 4) is 0 Å². The standard InChI is InChI=1S/C14H15N3/c1-2-3-5-10-6-4-7-11-13(10)15-8-12-14(11)17-9-16-12/h4,6-9H,2-3,5H2,1H3,(H,16,17). The maximum Gasteiger partial charge on any atom is 0.0992 e. The third-order valence-corrected chi connectivity index (χ3v) is 3.17. The number of pyridine rings is 1. The molecule has 3 aromatic rings. The number of imidazole rings is 1. The van der Waals surface area contributed by atoms with Crippen LogP contribution in [0.3, 0.4) is 0 Å². The van der Waals surface area contributed by atoms with Gasteiger partial charge in [-0.2, -0.15) is 0 Å². The summed E-state index contributed by atoms with van der Waals surface area (Å²) in [6.07, 6.45) is 7.11. The predicted molar refractivity (Wildman–Crippen MR) is 70.0 cm³/mol. The summed E-state index contributed by atoms with van der Waals surface area (Å²) in [7, 11) is 0. The third kappa shape index (κ3) is 1.68. The molecular formula is C14H15N3. The van der Waals surface area contributed by atoms with Crippen LogP contribution in [0.5, 0.6) is 0 Å². The number of aromatic amines is 1. The Bertz CT molecular complexity index is 655. The summed E-state index contributed by atoms with van der Waals surface area (Å²) in [5, 5.41) is 1.15. The maximum atomic E-state index is 4.56. The number of nitrogens with zero attached hydrogens (tertiary/aromatic N) is 2. The van der Waals surface area contributed by atoms with Crippen molar-refractivity contribution in [2.75, 3.05) is 0 Å². The van der Waals surface area contributed by atoms with Crippen molar-refractivity contribution in [2.45, 2.75) is 26.2 Å². The maximum absolute atomic E-state index is 4.56. The van der Waals surface area contributed by atoms with E-state index in [2.05, 4.69) is 40.1 Å². The normalized spacial score (nSPS) is 11.4. The molecule has 3 nitrogen and oxygen atoms in total. The smallest absolute Gasteiger partial charge is 0.0992 e. The first-order valence-electron chi connectivity index (χ1n) is 6.10. The van der Waals surface area contributed by atoms with E-state index in [0.717, 1.165) is 28.4 Å². The van der Waals surface area contributed by atoms with Crippen LogP contribution in [-0.2, 0) is 6.42 Å². The zero-order valence-corrected chi connectivity index (χ0v) is 9.90. The summed E-state index contributed by atoms with van der Waals surface area (Å²) in [6.45, 7) is 2.21. The Morgan fingerprint density at radius 1 is 1.18 bits per heavy atom. The molecule has 0 atom stereocenters. The fraction of sp³-hybridized carbons (Fsp3) is 0.286. The van der Waals surface area contributed by atoms with Gasteiger partial charge in [0.2, 0.25) is 0 Å². The first-order chi connectivity index (χ1) is 8.40. The van der Waals surface area contributed by atoms with Crippen LogP contribution in [-0.4, -0.2) is 15.0 Å². The van der Waals surface area contributed by atoms with E-state index in [-0.39, 0.29) is 0 Å². The summed E-state index contributed by atoms with van der Waals surface area (Å²) in [5.41, 5.74) is 4.45. The third-order valence-electron chi connectivity index (χ3n) is 3.17. The van der Waals surface area contributed by atoms with Crippen molar-refractivity contribution >= 4 is 21.9 Å². The van der Waals surface area contributed by atoms with Gasteiger partial charge in [0.05, 0.1) is 29.1 Å². The summed E-state index contributed by atoms with van der Waals surface area (Å²) < 4.78 is 0. The summed E-state index contributed by atoms with van der Waals surface area (Å²) in [5.74, 6) is 0. The fourth-order valence-corrected chi connectivity index (χ4v) is 2.25. The van der Waals surface area contributed by atoms with Crippen molar-refractivity contribution in [3.63, 3.8) is 0 Å². The molecule has 0 spiro atoms. The SMILES string of the molecule is CCCCc1cccc2c1ncc1[nH]cnc12. The number of hydrogen-bond donors (Lipinski definition) is 1. The van der Waals surface area contributed by atoms with Gasteiger partial charge in [0, 0.05) is 5.39 Å². The number of rotatable bonds is 3. The minimum absolute atomic E-state index is 1.00. The van der Waals surface area contributed by atoms with Crippen LogP contribution in [0.15, 0.2) is 30.7 Å². The lowest BCUT2D eigenvalue weighted by atomic mass is 10.0. The molecule has 1 N–H and O–H groups in total. The van der Waals surface area contributed by atoms with Crippen LogP contribution in [0.4, 0.5) is 0 Å². The van der Waals surface area contributed by atoms with Gasteiger partial charge in [-0.15, -0.1) is 0 Å². The van der Waals surface area contributed by atoms with Crippen molar-refractivity contribution in [2.24, 2.45) is 0 Å². The first kappa shape index (κ1) is 10.3. The Labute approximate surface area is 99.9 Å². The summed E-state index contributed by atoms with van der Waals surface area (Å²) >= 11 is 0. The van der Waals surface area contributed by atoms with Gasteiger partial charge in [-0.1, -0.05) is 31.5 Å². The van der Waals surface area contributed by atoms with Crippen LogP contribution in [0.2, 0.25) is 0 Å².